The molecule has 1 saturated carbocycles. The van der Waals surface area contributed by atoms with Crippen LogP contribution in [0.15, 0.2) is 0 Å². The van der Waals surface area contributed by atoms with E-state index in [0.29, 0.717) is 25.1 Å². The van der Waals surface area contributed by atoms with Crippen molar-refractivity contribution < 1.29 is 9.53 Å². The monoisotopic (exact) mass is 212 g/mol. The summed E-state index contributed by atoms with van der Waals surface area (Å²) >= 11 is 0. The van der Waals surface area contributed by atoms with Crippen molar-refractivity contribution in [2.75, 3.05) is 33.4 Å². The lowest BCUT2D eigenvalue weighted by Gasteiger charge is -2.29. The number of hydrogen-bond acceptors (Lipinski definition) is 3. The average Bonchev–Trinajstić information content (AvgIpc) is 2.58. The van der Waals surface area contributed by atoms with Crippen LogP contribution in [0.3, 0.4) is 0 Å². The quantitative estimate of drug-likeness (QED) is 0.712. The molecule has 0 aromatic carbocycles. The van der Waals surface area contributed by atoms with Crippen molar-refractivity contribution in [1.82, 2.24) is 10.2 Å². The molecule has 0 radical (unpaired) electrons. The topological polar surface area (TPSA) is 41.6 Å². The van der Waals surface area contributed by atoms with Crippen LogP contribution in [0.5, 0.6) is 0 Å². The van der Waals surface area contributed by atoms with Crippen molar-refractivity contribution in [2.24, 2.45) is 5.92 Å². The number of nitrogens with zero attached hydrogens (tertiary/aromatic N) is 1. The fraction of sp³-hybridized carbons (Fsp3) is 0.909. The van der Waals surface area contributed by atoms with Gasteiger partial charge in [-0.15, -0.1) is 0 Å². The second kappa shape index (κ2) is 4.94. The molecule has 4 nitrogen and oxygen atoms in total. The average molecular weight is 212 g/mol. The number of nitrogens with one attached hydrogen (secondary N) is 1. The molecule has 1 aliphatic carbocycles. The maximum Gasteiger partial charge on any atom is 0.236 e. The Hall–Kier alpha value is -0.610. The molecule has 1 heterocycles. The molecule has 1 saturated heterocycles. The number of hydrogen-bond donors (Lipinski definition) is 1. The number of carbonyl (C=O) groups excluding carboxylic acids is 1. The molecule has 2 fully saturated rings. The number of fused-ring (bicyclic) bond motifs is 1. The zero-order valence-electron chi connectivity index (χ0n) is 9.37. The molecule has 4 heteroatoms. The lowest BCUT2D eigenvalue weighted by atomic mass is 10.0. The molecule has 1 aliphatic heterocycles. The zero-order chi connectivity index (χ0) is 10.7. The van der Waals surface area contributed by atoms with Crippen LogP contribution in [0.25, 0.3) is 0 Å². The van der Waals surface area contributed by atoms with Gasteiger partial charge in [0.15, 0.2) is 0 Å². The van der Waals surface area contributed by atoms with Gasteiger partial charge >= 0.3 is 0 Å². The summed E-state index contributed by atoms with van der Waals surface area (Å²) in [6.07, 6.45) is 3.61. The molecule has 15 heavy (non-hydrogen) atoms. The third kappa shape index (κ3) is 2.32. The Morgan fingerprint density at radius 1 is 1.53 bits per heavy atom. The van der Waals surface area contributed by atoms with Crippen molar-refractivity contribution in [1.29, 1.82) is 0 Å². The first-order chi connectivity index (χ1) is 7.33. The van der Waals surface area contributed by atoms with Crippen molar-refractivity contribution >= 4 is 5.91 Å². The van der Waals surface area contributed by atoms with Gasteiger partial charge < -0.3 is 15.0 Å². The van der Waals surface area contributed by atoms with Crippen LogP contribution in [0.2, 0.25) is 0 Å². The van der Waals surface area contributed by atoms with E-state index in [9.17, 15) is 4.79 Å². The maximum absolute atomic E-state index is 11.9. The number of likely N-dealkylation sites (N-methyl/N-ethyl adjacent to an activating group) is 1. The molecule has 0 unspecified atom stereocenters. The standard InChI is InChI=1S/C11H20N2O2/c1-12-7-11(14)13-5-6-15-8-9-3-2-4-10(9)13/h9-10,12H,2-8H2,1H3/t9-,10+/m1/s1. The van der Waals surface area contributed by atoms with E-state index >= 15 is 0 Å². The van der Waals surface area contributed by atoms with Gasteiger partial charge in [0.25, 0.3) is 0 Å². The van der Waals surface area contributed by atoms with Crippen LogP contribution in [-0.4, -0.2) is 50.2 Å². The Kier molecular flexibility index (Phi) is 3.59. The number of amides is 1. The minimum Gasteiger partial charge on any atom is -0.379 e. The molecular weight excluding hydrogens is 192 g/mol. The summed E-state index contributed by atoms with van der Waals surface area (Å²) in [7, 11) is 1.82. The summed E-state index contributed by atoms with van der Waals surface area (Å²) in [6, 6.07) is 0.438. The Morgan fingerprint density at radius 2 is 2.40 bits per heavy atom. The number of carbonyl (C=O) groups is 1. The maximum atomic E-state index is 11.9. The first-order valence-corrected chi connectivity index (χ1v) is 5.84. The highest BCUT2D eigenvalue weighted by molar-refractivity contribution is 5.78. The van der Waals surface area contributed by atoms with Gasteiger partial charge in [0.2, 0.25) is 5.91 Å². The predicted molar refractivity (Wildman–Crippen MR) is 57.6 cm³/mol. The summed E-state index contributed by atoms with van der Waals surface area (Å²) in [5.41, 5.74) is 0. The highest BCUT2D eigenvalue weighted by Crippen LogP contribution is 2.31. The first kappa shape index (κ1) is 10.9. The van der Waals surface area contributed by atoms with E-state index in [1.54, 1.807) is 0 Å². The van der Waals surface area contributed by atoms with Crippen molar-refractivity contribution in [3.8, 4) is 0 Å². The number of ether oxygens (including phenoxy) is 1. The van der Waals surface area contributed by atoms with E-state index in [0.717, 1.165) is 19.6 Å². The predicted octanol–water partition coefficient (Wildman–Crippen LogP) is 0.233. The van der Waals surface area contributed by atoms with E-state index in [-0.39, 0.29) is 5.91 Å². The van der Waals surface area contributed by atoms with Crippen molar-refractivity contribution in [3.05, 3.63) is 0 Å². The third-order valence-corrected chi connectivity index (χ3v) is 3.48. The summed E-state index contributed by atoms with van der Waals surface area (Å²) < 4.78 is 5.55. The molecule has 0 aromatic rings. The van der Waals surface area contributed by atoms with Gasteiger partial charge in [0, 0.05) is 18.5 Å². The first-order valence-electron chi connectivity index (χ1n) is 5.84. The third-order valence-electron chi connectivity index (χ3n) is 3.48. The van der Waals surface area contributed by atoms with Gasteiger partial charge in [-0.3, -0.25) is 4.79 Å². The lowest BCUT2D eigenvalue weighted by molar-refractivity contribution is -0.132. The normalized spacial score (nSPS) is 31.1. The second-order valence-corrected chi connectivity index (χ2v) is 4.45. The Balaban J connectivity index is 2.03. The van der Waals surface area contributed by atoms with Crippen LogP contribution < -0.4 is 5.32 Å². The summed E-state index contributed by atoms with van der Waals surface area (Å²) in [5, 5.41) is 2.93. The summed E-state index contributed by atoms with van der Waals surface area (Å²) in [4.78, 5) is 13.9. The molecule has 1 amide bonds. The SMILES string of the molecule is CNCC(=O)N1CCOC[C@H]2CCC[C@@H]21. The smallest absolute Gasteiger partial charge is 0.236 e. The Labute approximate surface area is 91.0 Å². The van der Waals surface area contributed by atoms with Crippen LogP contribution in [-0.2, 0) is 9.53 Å². The van der Waals surface area contributed by atoms with E-state index in [2.05, 4.69) is 5.32 Å². The highest BCUT2D eigenvalue weighted by Gasteiger charge is 2.35. The van der Waals surface area contributed by atoms with E-state index in [4.69, 9.17) is 4.74 Å². The second-order valence-electron chi connectivity index (χ2n) is 4.45. The molecule has 2 atom stereocenters. The van der Waals surface area contributed by atoms with Crippen LogP contribution >= 0.6 is 0 Å². The zero-order valence-corrected chi connectivity index (χ0v) is 9.37. The van der Waals surface area contributed by atoms with Crippen LogP contribution in [0.4, 0.5) is 0 Å². The fourth-order valence-electron chi connectivity index (χ4n) is 2.75. The van der Waals surface area contributed by atoms with Gasteiger partial charge in [-0.25, -0.2) is 0 Å². The van der Waals surface area contributed by atoms with E-state index < -0.39 is 0 Å². The van der Waals surface area contributed by atoms with E-state index in [1.807, 2.05) is 11.9 Å². The fourth-order valence-corrected chi connectivity index (χ4v) is 2.75. The Bertz CT molecular complexity index is 233. The van der Waals surface area contributed by atoms with Gasteiger partial charge in [-0.2, -0.15) is 0 Å². The lowest BCUT2D eigenvalue weighted by Crippen LogP contribution is -2.45. The minimum absolute atomic E-state index is 0.222. The van der Waals surface area contributed by atoms with Gasteiger partial charge in [0.05, 0.1) is 19.8 Å². The van der Waals surface area contributed by atoms with Gasteiger partial charge in [0.1, 0.15) is 0 Å². The molecule has 0 aromatic heterocycles. The minimum atomic E-state index is 0.222. The largest absolute Gasteiger partial charge is 0.379 e. The molecule has 2 aliphatic rings. The van der Waals surface area contributed by atoms with E-state index in [1.165, 1.54) is 12.8 Å². The molecule has 0 spiro atoms. The molecule has 0 bridgehead atoms. The molecular formula is C11H20N2O2. The molecule has 1 N–H and O–H groups in total. The van der Waals surface area contributed by atoms with Gasteiger partial charge in [-0.1, -0.05) is 6.42 Å². The number of rotatable bonds is 2. The van der Waals surface area contributed by atoms with Crippen LogP contribution in [0, 0.1) is 5.92 Å². The molecule has 2 rings (SSSR count). The summed E-state index contributed by atoms with van der Waals surface area (Å²) in [5.74, 6) is 0.799. The summed E-state index contributed by atoms with van der Waals surface area (Å²) in [6.45, 7) is 2.75. The van der Waals surface area contributed by atoms with Crippen molar-refractivity contribution in [3.63, 3.8) is 0 Å². The highest BCUT2D eigenvalue weighted by atomic mass is 16.5. The Morgan fingerprint density at radius 3 is 3.20 bits per heavy atom. The van der Waals surface area contributed by atoms with Crippen molar-refractivity contribution in [2.45, 2.75) is 25.3 Å². The molecule has 86 valence electrons. The van der Waals surface area contributed by atoms with Gasteiger partial charge in [-0.05, 0) is 19.9 Å². The van der Waals surface area contributed by atoms with Crippen LogP contribution in [0.1, 0.15) is 19.3 Å².